The van der Waals surface area contributed by atoms with Gasteiger partial charge in [-0.2, -0.15) is 18.4 Å². The van der Waals surface area contributed by atoms with E-state index in [1.54, 1.807) is 66.1 Å². The minimum atomic E-state index is -3.43. The summed E-state index contributed by atoms with van der Waals surface area (Å²) < 4.78 is 45.6. The predicted molar refractivity (Wildman–Crippen MR) is 117 cm³/mol. The fourth-order valence-corrected chi connectivity index (χ4v) is 4.51. The predicted octanol–water partition coefficient (Wildman–Crippen LogP) is 4.10. The fourth-order valence-electron chi connectivity index (χ4n) is 3.53. The highest BCUT2D eigenvalue weighted by Gasteiger charge is 2.40. The Morgan fingerprint density at radius 1 is 1.03 bits per heavy atom. The van der Waals surface area contributed by atoms with E-state index in [9.17, 15) is 9.46 Å². The molecule has 1 N–H and O–H groups in total. The van der Waals surface area contributed by atoms with Gasteiger partial charge in [-0.25, -0.2) is 0 Å². The molecule has 32 heavy (non-hydrogen) atoms. The van der Waals surface area contributed by atoms with Crippen LogP contribution in [0.4, 0.5) is 8.78 Å². The van der Waals surface area contributed by atoms with Crippen molar-refractivity contribution in [3.8, 4) is 11.3 Å². The van der Waals surface area contributed by atoms with Crippen LogP contribution in [0.25, 0.3) is 22.4 Å². The molecule has 5 rings (SSSR count). The van der Waals surface area contributed by atoms with Crippen molar-refractivity contribution in [1.82, 2.24) is 24.2 Å². The third-order valence-electron chi connectivity index (χ3n) is 5.42. The summed E-state index contributed by atoms with van der Waals surface area (Å²) in [4.78, 5) is 9.99. The number of alkyl halides is 2. The zero-order valence-electron chi connectivity index (χ0n) is 16.9. The lowest BCUT2D eigenvalue weighted by Gasteiger charge is -2.15. The van der Waals surface area contributed by atoms with Crippen LogP contribution < -0.4 is 5.30 Å². The molecular formula is C22H18F2N5O2P. The molecule has 0 radical (unpaired) electrons. The van der Waals surface area contributed by atoms with Gasteiger partial charge in [0.25, 0.3) is 0 Å². The van der Waals surface area contributed by atoms with E-state index in [1.807, 2.05) is 6.07 Å². The first-order valence-corrected chi connectivity index (χ1v) is 11.7. The zero-order valence-corrected chi connectivity index (χ0v) is 17.8. The standard InChI is InChI=1S/C22H18F2N5O2P/c1-2-32(30,31)18-9-5-15(6-10-18)19-11-12-20-25-26-21(29(20)27-19)22(23,24)16-7-8-17-4-3-13-28(17)14-16/h3-14H,2H2,1H3,(H,30,31). The Morgan fingerprint density at radius 3 is 2.56 bits per heavy atom. The maximum absolute atomic E-state index is 15.4. The minimum absolute atomic E-state index is 0.129. The molecule has 10 heteroatoms. The normalized spacial score (nSPS) is 14.1. The molecule has 0 aliphatic rings. The molecule has 0 amide bonds. The number of halogens is 2. The number of rotatable bonds is 5. The second-order valence-electron chi connectivity index (χ2n) is 7.41. The average molecular weight is 453 g/mol. The van der Waals surface area contributed by atoms with E-state index in [1.165, 1.54) is 12.3 Å². The van der Waals surface area contributed by atoms with Crippen molar-refractivity contribution < 1.29 is 18.2 Å². The number of aromatic nitrogens is 5. The van der Waals surface area contributed by atoms with Gasteiger partial charge in [-0.05, 0) is 48.5 Å². The molecular weight excluding hydrogens is 435 g/mol. The lowest BCUT2D eigenvalue weighted by Crippen LogP contribution is -2.21. The van der Waals surface area contributed by atoms with Crippen LogP contribution in [-0.2, 0) is 10.5 Å². The molecule has 0 saturated heterocycles. The molecule has 0 saturated carbocycles. The van der Waals surface area contributed by atoms with Gasteiger partial charge in [-0.3, -0.25) is 4.57 Å². The van der Waals surface area contributed by atoms with Crippen molar-refractivity contribution in [3.63, 3.8) is 0 Å². The average Bonchev–Trinajstić information content (AvgIpc) is 3.45. The summed E-state index contributed by atoms with van der Waals surface area (Å²) in [6, 6.07) is 16.2. The Labute approximate surface area is 181 Å². The Hall–Kier alpha value is -3.42. The summed E-state index contributed by atoms with van der Waals surface area (Å²) >= 11 is 0. The molecule has 1 aromatic carbocycles. The smallest absolute Gasteiger partial charge is 0.335 e. The monoisotopic (exact) mass is 453 g/mol. The molecule has 0 bridgehead atoms. The molecule has 4 aromatic heterocycles. The Kier molecular flexibility index (Phi) is 4.69. The van der Waals surface area contributed by atoms with E-state index in [0.717, 1.165) is 10.0 Å². The third kappa shape index (κ3) is 3.30. The second kappa shape index (κ2) is 7.32. The number of nitrogens with zero attached hydrogens (tertiary/aromatic N) is 5. The van der Waals surface area contributed by atoms with E-state index in [-0.39, 0.29) is 17.4 Å². The molecule has 1 atom stereocenters. The van der Waals surface area contributed by atoms with E-state index < -0.39 is 19.1 Å². The SMILES string of the molecule is CCP(=O)(O)c1ccc(-c2ccc3nnc(C(F)(F)c4ccc5cccn5c4)n3n2)cc1. The van der Waals surface area contributed by atoms with Crippen LogP contribution in [-0.4, -0.2) is 35.3 Å². The summed E-state index contributed by atoms with van der Waals surface area (Å²) in [5, 5.41) is 12.2. The summed E-state index contributed by atoms with van der Waals surface area (Å²) in [5.74, 6) is -4.03. The van der Waals surface area contributed by atoms with Gasteiger partial charge in [-0.15, -0.1) is 10.2 Å². The van der Waals surface area contributed by atoms with Crippen molar-refractivity contribution in [2.24, 2.45) is 0 Å². The Bertz CT molecular complexity index is 1490. The number of hydrogen-bond donors (Lipinski definition) is 1. The van der Waals surface area contributed by atoms with Crippen LogP contribution >= 0.6 is 7.37 Å². The molecule has 162 valence electrons. The summed E-state index contributed by atoms with van der Waals surface area (Å²) in [5.41, 5.74) is 1.78. The van der Waals surface area contributed by atoms with Gasteiger partial charge in [0.1, 0.15) is 0 Å². The molecule has 0 spiro atoms. The maximum Gasteiger partial charge on any atom is 0.335 e. The lowest BCUT2D eigenvalue weighted by molar-refractivity contribution is 0.0302. The van der Waals surface area contributed by atoms with Gasteiger partial charge in [0.15, 0.2) is 5.65 Å². The fraction of sp³-hybridized carbons (Fsp3) is 0.136. The van der Waals surface area contributed by atoms with Crippen LogP contribution in [0.5, 0.6) is 0 Å². The van der Waals surface area contributed by atoms with Crippen LogP contribution in [0.15, 0.2) is 73.1 Å². The molecule has 0 aliphatic heterocycles. The Balaban J connectivity index is 1.57. The first kappa shape index (κ1) is 20.5. The topological polar surface area (TPSA) is 84.8 Å². The van der Waals surface area contributed by atoms with Crippen molar-refractivity contribution in [2.75, 3.05) is 6.16 Å². The molecule has 7 nitrogen and oxygen atoms in total. The van der Waals surface area contributed by atoms with E-state index in [4.69, 9.17) is 0 Å². The Morgan fingerprint density at radius 2 is 1.81 bits per heavy atom. The van der Waals surface area contributed by atoms with Gasteiger partial charge in [0.05, 0.1) is 5.69 Å². The van der Waals surface area contributed by atoms with E-state index in [0.29, 0.717) is 16.6 Å². The number of benzene rings is 1. The number of fused-ring (bicyclic) bond motifs is 2. The van der Waals surface area contributed by atoms with Crippen LogP contribution in [0.3, 0.4) is 0 Å². The molecule has 0 aliphatic carbocycles. The highest BCUT2D eigenvalue weighted by molar-refractivity contribution is 7.66. The zero-order chi connectivity index (χ0) is 22.5. The number of hydrogen-bond acceptors (Lipinski definition) is 4. The van der Waals surface area contributed by atoms with Crippen molar-refractivity contribution in [3.05, 3.63) is 84.4 Å². The molecule has 0 fully saturated rings. The van der Waals surface area contributed by atoms with Crippen LogP contribution in [0, 0.1) is 0 Å². The van der Waals surface area contributed by atoms with Crippen LogP contribution in [0.2, 0.25) is 0 Å². The summed E-state index contributed by atoms with van der Waals surface area (Å²) in [6.45, 7) is 1.64. The highest BCUT2D eigenvalue weighted by Crippen LogP contribution is 2.39. The van der Waals surface area contributed by atoms with E-state index in [2.05, 4.69) is 15.3 Å². The van der Waals surface area contributed by atoms with Gasteiger partial charge < -0.3 is 9.29 Å². The largest absolute Gasteiger partial charge is 0.341 e. The van der Waals surface area contributed by atoms with E-state index >= 15 is 8.78 Å². The molecule has 5 aromatic rings. The first-order valence-electron chi connectivity index (χ1n) is 9.90. The van der Waals surface area contributed by atoms with Crippen molar-refractivity contribution >= 4 is 23.8 Å². The molecule has 1 unspecified atom stereocenters. The molecule has 4 heterocycles. The maximum atomic E-state index is 15.4. The third-order valence-corrected chi connectivity index (χ3v) is 7.39. The van der Waals surface area contributed by atoms with Gasteiger partial charge in [0.2, 0.25) is 13.2 Å². The van der Waals surface area contributed by atoms with Gasteiger partial charge in [-0.1, -0.05) is 19.1 Å². The van der Waals surface area contributed by atoms with Crippen molar-refractivity contribution in [1.29, 1.82) is 0 Å². The minimum Gasteiger partial charge on any atom is -0.341 e. The van der Waals surface area contributed by atoms with Crippen LogP contribution in [0.1, 0.15) is 18.3 Å². The quantitative estimate of drug-likeness (QED) is 0.405. The summed E-state index contributed by atoms with van der Waals surface area (Å²) in [6.07, 6.45) is 3.19. The summed E-state index contributed by atoms with van der Waals surface area (Å²) in [7, 11) is -3.39. The van der Waals surface area contributed by atoms with Gasteiger partial charge in [0, 0.05) is 40.5 Å². The number of pyridine rings is 1. The van der Waals surface area contributed by atoms with Crippen molar-refractivity contribution in [2.45, 2.75) is 12.8 Å². The highest BCUT2D eigenvalue weighted by atomic mass is 31.2. The lowest BCUT2D eigenvalue weighted by atomic mass is 10.1. The first-order chi connectivity index (χ1) is 15.3. The second-order valence-corrected chi connectivity index (χ2v) is 9.96. The van der Waals surface area contributed by atoms with Gasteiger partial charge >= 0.3 is 5.92 Å².